The van der Waals surface area contributed by atoms with E-state index >= 15 is 0 Å². The average molecular weight is 655 g/mol. The molecule has 5 heteroatoms. The monoisotopic (exact) mass is 654 g/mol. The molecule has 0 saturated heterocycles. The molecule has 11 rings (SSSR count). The summed E-state index contributed by atoms with van der Waals surface area (Å²) >= 11 is 0. The molecule has 0 unspecified atom stereocenters. The van der Waals surface area contributed by atoms with E-state index in [-0.39, 0.29) is 5.41 Å². The summed E-state index contributed by atoms with van der Waals surface area (Å²) in [6.45, 7) is 4.60. The summed E-state index contributed by atoms with van der Waals surface area (Å²) < 4.78 is 9.20. The maximum Gasteiger partial charge on any atom is 0.237 e. The molecule has 1 aliphatic heterocycles. The summed E-state index contributed by atoms with van der Waals surface area (Å²) in [7, 11) is 0. The van der Waals surface area contributed by atoms with Gasteiger partial charge in [-0.15, -0.1) is 0 Å². The van der Waals surface area contributed by atoms with Gasteiger partial charge in [0, 0.05) is 49.8 Å². The van der Waals surface area contributed by atoms with Gasteiger partial charge in [-0.2, -0.15) is 0 Å². The fraction of sp³-hybridized carbons (Fsp3) is 0.0652. The van der Waals surface area contributed by atoms with E-state index in [4.69, 9.17) is 19.7 Å². The molecule has 1 aliphatic rings. The second-order valence-electron chi connectivity index (χ2n) is 14.0. The van der Waals surface area contributed by atoms with E-state index in [1.807, 2.05) is 24.4 Å². The highest BCUT2D eigenvalue weighted by Gasteiger charge is 2.39. The van der Waals surface area contributed by atoms with Crippen molar-refractivity contribution in [3.8, 4) is 28.7 Å². The van der Waals surface area contributed by atoms with Gasteiger partial charge in [-0.1, -0.05) is 135 Å². The molecule has 51 heavy (non-hydrogen) atoms. The number of nitrogens with zero attached hydrogens (tertiary/aromatic N) is 4. The first-order valence-electron chi connectivity index (χ1n) is 17.4. The van der Waals surface area contributed by atoms with Gasteiger partial charge in [0.1, 0.15) is 16.9 Å². The number of benzene rings is 7. The Morgan fingerprint density at radius 1 is 0.549 bits per heavy atom. The summed E-state index contributed by atoms with van der Waals surface area (Å²) in [4.78, 5) is 16.1. The lowest BCUT2D eigenvalue weighted by Gasteiger charge is -2.36. The molecule has 10 aromatic rings. The van der Waals surface area contributed by atoms with Crippen molar-refractivity contribution < 1.29 is 4.74 Å². The van der Waals surface area contributed by atoms with Gasteiger partial charge >= 0.3 is 0 Å². The Bertz CT molecular complexity index is 3090. The molecule has 0 aliphatic carbocycles. The molecule has 240 valence electrons. The van der Waals surface area contributed by atoms with Crippen LogP contribution in [-0.2, 0) is 5.41 Å². The molecule has 0 saturated carbocycles. The smallest absolute Gasteiger partial charge is 0.237 e. The maximum absolute atomic E-state index is 7.05. The molecule has 3 aromatic heterocycles. The molecule has 0 atom stereocenters. The number of aromatic nitrogens is 4. The Hall–Kier alpha value is -6.59. The highest BCUT2D eigenvalue weighted by molar-refractivity contribution is 6.27. The summed E-state index contributed by atoms with van der Waals surface area (Å²) in [5, 5.41) is 10.0. The molecular formula is C46H30N4O. The van der Waals surface area contributed by atoms with Gasteiger partial charge in [-0.25, -0.2) is 15.0 Å². The fourth-order valence-corrected chi connectivity index (χ4v) is 8.66. The molecule has 0 amide bonds. The average Bonchev–Trinajstić information content (AvgIpc) is 3.54. The van der Waals surface area contributed by atoms with Crippen molar-refractivity contribution in [2.45, 2.75) is 19.3 Å². The van der Waals surface area contributed by atoms with E-state index < -0.39 is 0 Å². The first-order valence-corrected chi connectivity index (χ1v) is 17.4. The number of para-hydroxylation sites is 1. The number of hydrogen-bond donors (Lipinski definition) is 0. The minimum absolute atomic E-state index is 0.346. The Labute approximate surface area is 293 Å². The van der Waals surface area contributed by atoms with Crippen molar-refractivity contribution in [1.82, 2.24) is 19.5 Å². The molecule has 0 radical (unpaired) electrons. The van der Waals surface area contributed by atoms with Crippen LogP contribution in [0.4, 0.5) is 0 Å². The van der Waals surface area contributed by atoms with Crippen LogP contribution in [-0.4, -0.2) is 19.5 Å². The van der Waals surface area contributed by atoms with Gasteiger partial charge in [0.05, 0.1) is 11.2 Å². The van der Waals surface area contributed by atoms with Crippen LogP contribution < -0.4 is 4.74 Å². The Morgan fingerprint density at radius 2 is 1.16 bits per heavy atom. The van der Waals surface area contributed by atoms with Crippen molar-refractivity contribution >= 4 is 65.2 Å². The van der Waals surface area contributed by atoms with E-state index in [2.05, 4.69) is 140 Å². The molecular weight excluding hydrogens is 625 g/mol. The molecule has 0 fully saturated rings. The van der Waals surface area contributed by atoms with Gasteiger partial charge < -0.3 is 4.74 Å². The Morgan fingerprint density at radius 3 is 1.94 bits per heavy atom. The highest BCUT2D eigenvalue weighted by atomic mass is 16.5. The van der Waals surface area contributed by atoms with Gasteiger partial charge in [0.2, 0.25) is 5.95 Å². The summed E-state index contributed by atoms with van der Waals surface area (Å²) in [5.41, 5.74) is 6.48. The quantitative estimate of drug-likeness (QED) is 0.174. The molecule has 0 N–H and O–H groups in total. The van der Waals surface area contributed by atoms with E-state index in [1.54, 1.807) is 0 Å². The fourth-order valence-electron chi connectivity index (χ4n) is 8.66. The Kier molecular flexibility index (Phi) is 5.66. The summed E-state index contributed by atoms with van der Waals surface area (Å²) in [6, 6.07) is 48.9. The summed E-state index contributed by atoms with van der Waals surface area (Å²) in [6.07, 6.45) is 1.86. The third-order valence-corrected chi connectivity index (χ3v) is 10.8. The summed E-state index contributed by atoms with van der Waals surface area (Å²) in [5.74, 6) is 2.23. The Balaban J connectivity index is 1.38. The minimum atomic E-state index is -0.346. The lowest BCUT2D eigenvalue weighted by atomic mass is 9.73. The van der Waals surface area contributed by atoms with Crippen LogP contribution in [0.2, 0.25) is 0 Å². The molecule has 0 bridgehead atoms. The van der Waals surface area contributed by atoms with Gasteiger partial charge in [0.15, 0.2) is 5.75 Å². The molecule has 4 heterocycles. The van der Waals surface area contributed by atoms with Crippen molar-refractivity contribution in [3.05, 3.63) is 157 Å². The van der Waals surface area contributed by atoms with E-state index in [9.17, 15) is 0 Å². The first-order chi connectivity index (χ1) is 25.1. The van der Waals surface area contributed by atoms with Crippen molar-refractivity contribution in [2.24, 2.45) is 0 Å². The zero-order valence-electron chi connectivity index (χ0n) is 28.1. The SMILES string of the molecule is CC1(C)c2ccccc2Oc2c1c1ccccc1c1c3cccnc3n(-c3nc(-c4ccccc4)c4c5ccccc5c5ccccc5c4n3)c21. The number of rotatable bonds is 2. The standard InChI is InChI=1S/C46H30N4O/c1-46(2)35-24-12-13-25-36(35)51-43-39(46)32-21-10-9-20-31(32)37-34-23-14-26-47-44(34)50(42(37)43)45-48-40(27-15-4-3-5-16-27)38-30-19-8-6-17-28(30)29-18-7-11-22-33(29)41(38)49-45/h3-26H,1-2H3. The van der Waals surface area contributed by atoms with Crippen LogP contribution in [0.5, 0.6) is 11.5 Å². The van der Waals surface area contributed by atoms with Gasteiger partial charge in [0.25, 0.3) is 0 Å². The topological polar surface area (TPSA) is 52.8 Å². The van der Waals surface area contributed by atoms with Gasteiger partial charge in [-0.05, 0) is 45.1 Å². The number of fused-ring (bicyclic) bond motifs is 15. The van der Waals surface area contributed by atoms with E-state index in [0.29, 0.717) is 5.95 Å². The molecule has 0 spiro atoms. The zero-order chi connectivity index (χ0) is 33.8. The van der Waals surface area contributed by atoms with E-state index in [0.717, 1.165) is 88.3 Å². The minimum Gasteiger partial charge on any atom is -0.454 e. The second kappa shape index (κ2) is 10.2. The van der Waals surface area contributed by atoms with Crippen molar-refractivity contribution in [1.29, 1.82) is 0 Å². The predicted molar refractivity (Wildman–Crippen MR) is 208 cm³/mol. The predicted octanol–water partition coefficient (Wildman–Crippen LogP) is 11.7. The van der Waals surface area contributed by atoms with Crippen LogP contribution in [0.25, 0.3) is 82.4 Å². The molecule has 5 nitrogen and oxygen atoms in total. The first kappa shape index (κ1) is 28.3. The second-order valence-corrected chi connectivity index (χ2v) is 14.0. The lowest BCUT2D eigenvalue weighted by Crippen LogP contribution is -2.25. The maximum atomic E-state index is 7.05. The zero-order valence-corrected chi connectivity index (χ0v) is 28.1. The van der Waals surface area contributed by atoms with Crippen LogP contribution in [0.1, 0.15) is 25.0 Å². The van der Waals surface area contributed by atoms with Crippen molar-refractivity contribution in [3.63, 3.8) is 0 Å². The van der Waals surface area contributed by atoms with E-state index in [1.165, 1.54) is 10.8 Å². The van der Waals surface area contributed by atoms with Crippen LogP contribution >= 0.6 is 0 Å². The number of ether oxygens (including phenoxy) is 1. The normalized spacial score (nSPS) is 13.6. The van der Waals surface area contributed by atoms with Crippen LogP contribution in [0.3, 0.4) is 0 Å². The number of pyridine rings is 1. The largest absolute Gasteiger partial charge is 0.454 e. The number of hydrogen-bond acceptors (Lipinski definition) is 4. The van der Waals surface area contributed by atoms with Crippen LogP contribution in [0.15, 0.2) is 146 Å². The van der Waals surface area contributed by atoms with Gasteiger partial charge in [-0.3, -0.25) is 4.57 Å². The molecule has 7 aromatic carbocycles. The van der Waals surface area contributed by atoms with Crippen molar-refractivity contribution in [2.75, 3.05) is 0 Å². The lowest BCUT2D eigenvalue weighted by molar-refractivity contribution is 0.424. The van der Waals surface area contributed by atoms with Crippen LogP contribution in [0, 0.1) is 0 Å². The highest BCUT2D eigenvalue weighted by Crippen LogP contribution is 2.55. The third kappa shape index (κ3) is 3.78. The third-order valence-electron chi connectivity index (χ3n) is 10.8.